The third kappa shape index (κ3) is 2.89. The second-order valence-electron chi connectivity index (χ2n) is 3.86. The first-order chi connectivity index (χ1) is 6.43. The lowest BCUT2D eigenvalue weighted by atomic mass is 9.86. The van der Waals surface area contributed by atoms with Crippen LogP contribution in [0, 0.1) is 5.92 Å². The van der Waals surface area contributed by atoms with Crippen molar-refractivity contribution < 1.29 is 19.5 Å². The molecule has 0 aromatic carbocycles. The van der Waals surface area contributed by atoms with Crippen LogP contribution >= 0.6 is 7.94 Å². The van der Waals surface area contributed by atoms with Gasteiger partial charge in [0.05, 0.1) is 0 Å². The summed E-state index contributed by atoms with van der Waals surface area (Å²) in [6.45, 7) is 0. The van der Waals surface area contributed by atoms with E-state index in [4.69, 9.17) is 20.4 Å². The molecule has 1 unspecified atom stereocenters. The Morgan fingerprint density at radius 2 is 1.71 bits per heavy atom. The molecule has 1 fully saturated rings. The largest absolute Gasteiger partial charge is 0.416 e. The Balaban J connectivity index is 2.71. The molecule has 14 heavy (non-hydrogen) atoms. The van der Waals surface area contributed by atoms with Gasteiger partial charge in [0.2, 0.25) is 5.66 Å². The summed E-state index contributed by atoms with van der Waals surface area (Å²) in [7, 11) is -4.12. The predicted molar refractivity (Wildman–Crippen MR) is 53.1 cm³/mol. The highest BCUT2D eigenvalue weighted by molar-refractivity contribution is 7.60. The van der Waals surface area contributed by atoms with Gasteiger partial charge in [-0.1, -0.05) is 19.3 Å². The van der Waals surface area contributed by atoms with E-state index < -0.39 is 19.5 Å². The molecule has 6 heteroatoms. The number of carbonyl (C=O) groups is 1. The van der Waals surface area contributed by atoms with E-state index in [2.05, 4.69) is 0 Å². The van der Waals surface area contributed by atoms with Crippen LogP contribution < -0.4 is 5.73 Å². The molecule has 1 aliphatic carbocycles. The van der Waals surface area contributed by atoms with Crippen LogP contribution in [0.2, 0.25) is 0 Å². The van der Waals surface area contributed by atoms with E-state index in [1.807, 2.05) is 0 Å². The molecule has 1 saturated carbocycles. The van der Waals surface area contributed by atoms with E-state index in [0.29, 0.717) is 0 Å². The molecular formula is C8H17NO4P+. The summed E-state index contributed by atoms with van der Waals surface area (Å²) >= 11 is 0. The molecule has 1 amide bonds. The summed E-state index contributed by atoms with van der Waals surface area (Å²) in [6, 6.07) is 0. The average Bonchev–Trinajstić information content (AvgIpc) is 2.02. The van der Waals surface area contributed by atoms with Crippen LogP contribution in [0.4, 0.5) is 0 Å². The van der Waals surface area contributed by atoms with Gasteiger partial charge in [0, 0.05) is 5.92 Å². The van der Waals surface area contributed by atoms with Crippen LogP contribution in [-0.4, -0.2) is 26.2 Å². The van der Waals surface area contributed by atoms with Crippen molar-refractivity contribution in [1.82, 2.24) is 0 Å². The second-order valence-corrected chi connectivity index (χ2v) is 5.65. The summed E-state index contributed by atoms with van der Waals surface area (Å²) < 4.78 is 0. The van der Waals surface area contributed by atoms with Crippen LogP contribution in [0.5, 0.6) is 0 Å². The van der Waals surface area contributed by atoms with Crippen molar-refractivity contribution in [2.75, 3.05) is 0 Å². The maximum atomic E-state index is 11.0. The lowest BCUT2D eigenvalue weighted by molar-refractivity contribution is -0.119. The average molecular weight is 222 g/mol. The third-order valence-electron chi connectivity index (χ3n) is 2.76. The van der Waals surface area contributed by atoms with Gasteiger partial charge in [-0.25, -0.2) is 0 Å². The highest BCUT2D eigenvalue weighted by atomic mass is 31.2. The van der Waals surface area contributed by atoms with Crippen molar-refractivity contribution in [2.24, 2.45) is 11.7 Å². The fourth-order valence-electron chi connectivity index (χ4n) is 2.14. The van der Waals surface area contributed by atoms with E-state index >= 15 is 0 Å². The van der Waals surface area contributed by atoms with Crippen LogP contribution in [-0.2, 0) is 4.79 Å². The first-order valence-corrected chi connectivity index (χ1v) is 6.51. The number of amides is 1. The number of carbonyl (C=O) groups excluding carboxylic acids is 1. The Bertz CT molecular complexity index is 210. The quantitative estimate of drug-likeness (QED) is 0.510. The van der Waals surface area contributed by atoms with Crippen molar-refractivity contribution >= 4 is 13.9 Å². The van der Waals surface area contributed by atoms with E-state index in [1.54, 1.807) is 0 Å². The Labute approximate surface area is 83.5 Å². The highest BCUT2D eigenvalue weighted by Gasteiger charge is 2.51. The molecule has 1 rings (SSSR count). The number of primary amides is 1. The van der Waals surface area contributed by atoms with Gasteiger partial charge in [-0.05, 0) is 12.8 Å². The fourth-order valence-corrected chi connectivity index (χ4v) is 3.34. The minimum atomic E-state index is -4.12. The SMILES string of the molecule is NC(=O)C(C1CCCCC1)[P+](O)(O)O. The molecule has 0 bridgehead atoms. The zero-order chi connectivity index (χ0) is 10.8. The summed E-state index contributed by atoms with van der Waals surface area (Å²) in [6.07, 6.45) is 4.46. The topological polar surface area (TPSA) is 104 Å². The maximum absolute atomic E-state index is 11.0. The van der Waals surface area contributed by atoms with Crippen LogP contribution in [0.25, 0.3) is 0 Å². The molecule has 0 aliphatic heterocycles. The van der Waals surface area contributed by atoms with Gasteiger partial charge in [-0.2, -0.15) is 14.7 Å². The van der Waals surface area contributed by atoms with E-state index in [9.17, 15) is 4.79 Å². The highest BCUT2D eigenvalue weighted by Crippen LogP contribution is 2.55. The van der Waals surface area contributed by atoms with E-state index in [-0.39, 0.29) is 5.92 Å². The van der Waals surface area contributed by atoms with Crippen LogP contribution in [0.1, 0.15) is 32.1 Å². The lowest BCUT2D eigenvalue weighted by Crippen LogP contribution is -2.38. The number of hydrogen-bond donors (Lipinski definition) is 4. The van der Waals surface area contributed by atoms with Gasteiger partial charge in [-0.3, -0.25) is 4.79 Å². The molecule has 1 aliphatic rings. The molecular weight excluding hydrogens is 205 g/mol. The molecule has 5 N–H and O–H groups in total. The summed E-state index contributed by atoms with van der Waals surface area (Å²) in [5.41, 5.74) is 3.90. The zero-order valence-electron chi connectivity index (χ0n) is 7.96. The minimum Gasteiger partial charge on any atom is -0.366 e. The fraction of sp³-hybridized carbons (Fsp3) is 0.875. The van der Waals surface area contributed by atoms with Crippen molar-refractivity contribution in [2.45, 2.75) is 37.8 Å². The Hall–Kier alpha value is -0.220. The van der Waals surface area contributed by atoms with Crippen LogP contribution in [0.15, 0.2) is 0 Å². The maximum Gasteiger partial charge on any atom is 0.416 e. The van der Waals surface area contributed by atoms with Gasteiger partial charge in [0.15, 0.2) is 0 Å². The van der Waals surface area contributed by atoms with Crippen molar-refractivity contribution in [3.05, 3.63) is 0 Å². The van der Waals surface area contributed by atoms with Crippen molar-refractivity contribution in [1.29, 1.82) is 0 Å². The van der Waals surface area contributed by atoms with Gasteiger partial charge >= 0.3 is 7.94 Å². The monoisotopic (exact) mass is 222 g/mol. The van der Waals surface area contributed by atoms with E-state index in [0.717, 1.165) is 32.1 Å². The zero-order valence-corrected chi connectivity index (χ0v) is 8.86. The molecule has 1 atom stereocenters. The van der Waals surface area contributed by atoms with Gasteiger partial charge in [0.1, 0.15) is 0 Å². The summed E-state index contributed by atoms with van der Waals surface area (Å²) in [4.78, 5) is 38.4. The number of rotatable bonds is 3. The molecule has 0 saturated heterocycles. The first-order valence-electron chi connectivity index (χ1n) is 4.79. The van der Waals surface area contributed by atoms with Crippen molar-refractivity contribution in [3.63, 3.8) is 0 Å². The van der Waals surface area contributed by atoms with Gasteiger partial charge < -0.3 is 5.73 Å². The molecule has 0 radical (unpaired) electrons. The molecule has 5 nitrogen and oxygen atoms in total. The molecule has 0 heterocycles. The lowest BCUT2D eigenvalue weighted by Gasteiger charge is -2.26. The van der Waals surface area contributed by atoms with E-state index in [1.165, 1.54) is 0 Å². The number of hydrogen-bond acceptors (Lipinski definition) is 4. The van der Waals surface area contributed by atoms with Gasteiger partial charge in [-0.15, -0.1) is 0 Å². The second kappa shape index (κ2) is 4.53. The van der Waals surface area contributed by atoms with Crippen molar-refractivity contribution in [3.8, 4) is 0 Å². The standard InChI is InChI=1S/C8H16NO4P/c9-8(10)7(14(11,12)13)6-4-2-1-3-5-6/h6-7,11-13H,1-5H2,(H-,9,10)/p+1. The Morgan fingerprint density at radius 3 is 2.07 bits per heavy atom. The molecule has 0 aromatic heterocycles. The molecule has 0 spiro atoms. The Morgan fingerprint density at radius 1 is 1.21 bits per heavy atom. The smallest absolute Gasteiger partial charge is 0.366 e. The number of nitrogens with two attached hydrogens (primary N) is 1. The molecule has 0 aromatic rings. The Kier molecular flexibility index (Phi) is 3.84. The summed E-state index contributed by atoms with van der Waals surface area (Å²) in [5.74, 6) is -0.979. The minimum absolute atomic E-state index is 0.172. The summed E-state index contributed by atoms with van der Waals surface area (Å²) in [5, 5.41) is 0. The third-order valence-corrected chi connectivity index (χ3v) is 4.18. The van der Waals surface area contributed by atoms with Crippen LogP contribution in [0.3, 0.4) is 0 Å². The predicted octanol–water partition coefficient (Wildman–Crippen LogP) is 0.160. The molecule has 82 valence electrons. The first kappa shape index (κ1) is 11.9. The van der Waals surface area contributed by atoms with Gasteiger partial charge in [0.25, 0.3) is 5.91 Å². The normalized spacial score (nSPS) is 21.9.